The van der Waals surface area contributed by atoms with Gasteiger partial charge in [0.15, 0.2) is 0 Å². The van der Waals surface area contributed by atoms with Crippen molar-refractivity contribution < 1.29 is 36.2 Å². The van der Waals surface area contributed by atoms with Crippen LogP contribution in [0, 0.1) is 5.92 Å². The van der Waals surface area contributed by atoms with E-state index in [1.165, 1.54) is 6.92 Å². The molecule has 0 aromatic carbocycles. The van der Waals surface area contributed by atoms with Crippen LogP contribution >= 0.6 is 0 Å². The van der Waals surface area contributed by atoms with Gasteiger partial charge in [0, 0.05) is 11.5 Å². The maximum absolute atomic E-state index is 12.9. The molecule has 1 fully saturated rings. The Morgan fingerprint density at radius 3 is 2.28 bits per heavy atom. The van der Waals surface area contributed by atoms with Gasteiger partial charge in [-0.25, -0.2) is 4.79 Å². The van der Waals surface area contributed by atoms with Crippen molar-refractivity contribution in [2.24, 2.45) is 5.92 Å². The van der Waals surface area contributed by atoms with Crippen molar-refractivity contribution in [1.29, 1.82) is 0 Å². The second kappa shape index (κ2) is 4.83. The third-order valence-electron chi connectivity index (χ3n) is 2.43. The molecule has 0 saturated carbocycles. The van der Waals surface area contributed by atoms with E-state index < -0.39 is 36.7 Å². The average molecular weight is 274 g/mol. The Balaban J connectivity index is 2.56. The van der Waals surface area contributed by atoms with Gasteiger partial charge in [-0.3, -0.25) is 0 Å². The van der Waals surface area contributed by atoms with Crippen LogP contribution in [0.4, 0.5) is 22.0 Å². The van der Waals surface area contributed by atoms with E-state index in [1.54, 1.807) is 0 Å². The van der Waals surface area contributed by atoms with Gasteiger partial charge >= 0.3 is 18.1 Å². The lowest BCUT2D eigenvalue weighted by Gasteiger charge is -2.41. The first-order valence-corrected chi connectivity index (χ1v) is 4.96. The number of carbonyl (C=O) groups is 1. The molecule has 1 saturated heterocycles. The number of halogens is 5. The third kappa shape index (κ3) is 2.80. The molecule has 1 heterocycles. The molecule has 8 heteroatoms. The van der Waals surface area contributed by atoms with E-state index >= 15 is 0 Å². The van der Waals surface area contributed by atoms with Crippen LogP contribution in [-0.2, 0) is 14.3 Å². The number of esters is 1. The summed E-state index contributed by atoms with van der Waals surface area (Å²) in [5, 5.41) is 0. The van der Waals surface area contributed by atoms with E-state index in [2.05, 4.69) is 16.1 Å². The molecule has 0 aromatic heterocycles. The summed E-state index contributed by atoms with van der Waals surface area (Å²) in [6.45, 7) is 3.73. The van der Waals surface area contributed by atoms with Crippen LogP contribution in [0.25, 0.3) is 0 Å². The van der Waals surface area contributed by atoms with Gasteiger partial charge in [-0.15, -0.1) is 0 Å². The predicted octanol–water partition coefficient (Wildman–Crippen LogP) is 2.32. The summed E-state index contributed by atoms with van der Waals surface area (Å²) in [6.07, 6.45) is -8.00. The van der Waals surface area contributed by atoms with Crippen LogP contribution in [0.3, 0.4) is 0 Å². The minimum atomic E-state index is -5.69. The minimum Gasteiger partial charge on any atom is -0.462 e. The molecule has 1 aliphatic rings. The van der Waals surface area contributed by atoms with Gasteiger partial charge < -0.3 is 9.47 Å². The second-order valence-corrected chi connectivity index (χ2v) is 4.01. The fourth-order valence-electron chi connectivity index (χ4n) is 1.33. The number of carbonyl (C=O) groups excluding carboxylic acids is 1. The van der Waals surface area contributed by atoms with Crippen molar-refractivity contribution >= 4 is 5.97 Å². The summed E-state index contributed by atoms with van der Waals surface area (Å²) in [5.41, 5.74) is 0.0365. The molecule has 1 rings (SSSR count). The molecular weight excluding hydrogens is 263 g/mol. The maximum atomic E-state index is 12.9. The average Bonchev–Trinajstić information content (AvgIpc) is 2.13. The molecule has 0 bridgehead atoms. The maximum Gasteiger partial charge on any atom is 0.456 e. The highest BCUT2D eigenvalue weighted by atomic mass is 19.4. The van der Waals surface area contributed by atoms with E-state index in [-0.39, 0.29) is 12.2 Å². The van der Waals surface area contributed by atoms with Crippen molar-refractivity contribution in [3.8, 4) is 0 Å². The Bertz CT molecular complexity index is 350. The lowest BCUT2D eigenvalue weighted by Crippen LogP contribution is -2.59. The van der Waals surface area contributed by atoms with E-state index in [1.807, 2.05) is 0 Å². The highest BCUT2D eigenvalue weighted by Crippen LogP contribution is 2.45. The largest absolute Gasteiger partial charge is 0.462 e. The van der Waals surface area contributed by atoms with Crippen LogP contribution in [0.15, 0.2) is 12.2 Å². The zero-order valence-corrected chi connectivity index (χ0v) is 9.39. The predicted molar refractivity (Wildman–Crippen MR) is 50.0 cm³/mol. The number of hydrogen-bond acceptors (Lipinski definition) is 3. The summed E-state index contributed by atoms with van der Waals surface area (Å²) < 4.78 is 70.7. The first-order chi connectivity index (χ1) is 8.07. The van der Waals surface area contributed by atoms with Crippen molar-refractivity contribution in [2.45, 2.75) is 25.1 Å². The zero-order valence-electron chi connectivity index (χ0n) is 9.39. The Labute approximate surface area is 99.5 Å². The summed E-state index contributed by atoms with van der Waals surface area (Å²) in [5.74, 6) is -6.97. The molecule has 3 nitrogen and oxygen atoms in total. The van der Waals surface area contributed by atoms with E-state index in [0.717, 1.165) is 0 Å². The molecule has 2 atom stereocenters. The highest BCUT2D eigenvalue weighted by molar-refractivity contribution is 5.86. The van der Waals surface area contributed by atoms with Gasteiger partial charge in [-0.2, -0.15) is 22.0 Å². The molecule has 0 amide bonds. The summed E-state index contributed by atoms with van der Waals surface area (Å²) >= 11 is 0. The lowest BCUT2D eigenvalue weighted by molar-refractivity contribution is -0.353. The topological polar surface area (TPSA) is 35.5 Å². The van der Waals surface area contributed by atoms with E-state index in [9.17, 15) is 26.7 Å². The Hall–Kier alpha value is -1.18. The van der Waals surface area contributed by atoms with Crippen LogP contribution in [0.2, 0.25) is 0 Å². The number of rotatable bonds is 4. The van der Waals surface area contributed by atoms with Crippen molar-refractivity contribution in [2.75, 3.05) is 13.2 Å². The van der Waals surface area contributed by atoms with Gasteiger partial charge in [0.25, 0.3) is 0 Å². The first kappa shape index (κ1) is 14.9. The monoisotopic (exact) mass is 274 g/mol. The second-order valence-electron chi connectivity index (χ2n) is 4.01. The minimum absolute atomic E-state index is 0.0365. The Morgan fingerprint density at radius 1 is 1.39 bits per heavy atom. The molecule has 0 N–H and O–H groups in total. The Morgan fingerprint density at radius 2 is 1.94 bits per heavy atom. The van der Waals surface area contributed by atoms with Crippen LogP contribution < -0.4 is 0 Å². The highest BCUT2D eigenvalue weighted by Gasteiger charge is 2.67. The number of ether oxygens (including phenoxy) is 2. The van der Waals surface area contributed by atoms with Gasteiger partial charge in [0.1, 0.15) is 6.10 Å². The third-order valence-corrected chi connectivity index (χ3v) is 2.43. The van der Waals surface area contributed by atoms with Gasteiger partial charge in [0.2, 0.25) is 0 Å². The molecule has 0 radical (unpaired) electrons. The quantitative estimate of drug-likeness (QED) is 0.448. The molecular formula is C10H11F5O3. The van der Waals surface area contributed by atoms with Crippen LogP contribution in [-0.4, -0.2) is 37.4 Å². The molecule has 0 spiro atoms. The summed E-state index contributed by atoms with van der Waals surface area (Å²) in [6, 6.07) is 0. The smallest absolute Gasteiger partial charge is 0.456 e. The molecule has 0 aliphatic carbocycles. The Kier molecular flexibility index (Phi) is 3.99. The SMILES string of the molecule is C=C(C)C(=O)OCC1COC1C(F)(F)C(F)(F)F. The van der Waals surface area contributed by atoms with Crippen molar-refractivity contribution in [3.63, 3.8) is 0 Å². The molecule has 104 valence electrons. The van der Waals surface area contributed by atoms with Crippen molar-refractivity contribution in [1.82, 2.24) is 0 Å². The number of alkyl halides is 5. The van der Waals surface area contributed by atoms with E-state index in [4.69, 9.17) is 0 Å². The van der Waals surface area contributed by atoms with E-state index in [0.29, 0.717) is 0 Å². The molecule has 0 aromatic rings. The van der Waals surface area contributed by atoms with Gasteiger partial charge in [0.05, 0.1) is 13.2 Å². The lowest BCUT2D eigenvalue weighted by atomic mass is 9.93. The zero-order chi connectivity index (χ0) is 14.1. The first-order valence-electron chi connectivity index (χ1n) is 4.96. The molecule has 1 aliphatic heterocycles. The van der Waals surface area contributed by atoms with Crippen LogP contribution in [0.1, 0.15) is 6.92 Å². The summed E-state index contributed by atoms with van der Waals surface area (Å²) in [7, 11) is 0. The molecule has 2 unspecified atom stereocenters. The normalized spacial score (nSPS) is 24.3. The van der Waals surface area contributed by atoms with Crippen LogP contribution in [0.5, 0.6) is 0 Å². The molecule has 18 heavy (non-hydrogen) atoms. The standard InChI is InChI=1S/C10H11F5O3/c1-5(2)8(16)18-4-6-3-17-7(6)9(11,12)10(13,14)15/h6-7H,1,3-4H2,2H3. The summed E-state index contributed by atoms with van der Waals surface area (Å²) in [4.78, 5) is 11.0. The van der Waals surface area contributed by atoms with Gasteiger partial charge in [-0.1, -0.05) is 6.58 Å². The number of hydrogen-bond donors (Lipinski definition) is 0. The fraction of sp³-hybridized carbons (Fsp3) is 0.700. The van der Waals surface area contributed by atoms with Gasteiger partial charge in [-0.05, 0) is 6.92 Å². The fourth-order valence-corrected chi connectivity index (χ4v) is 1.33. The van der Waals surface area contributed by atoms with Crippen molar-refractivity contribution in [3.05, 3.63) is 12.2 Å².